The first-order valence-corrected chi connectivity index (χ1v) is 19.7. The molecule has 0 amide bonds. The second kappa shape index (κ2) is 21.9. The van der Waals surface area contributed by atoms with E-state index in [-0.39, 0.29) is 11.4 Å². The van der Waals surface area contributed by atoms with Gasteiger partial charge in [0.05, 0.1) is 5.69 Å². The van der Waals surface area contributed by atoms with E-state index in [2.05, 4.69) is 34.1 Å². The van der Waals surface area contributed by atoms with Crippen LogP contribution in [0.3, 0.4) is 0 Å². The number of hydrogen-bond acceptors (Lipinski definition) is 7. The Labute approximate surface area is 303 Å². The molecule has 2 aliphatic rings. The van der Waals surface area contributed by atoms with Gasteiger partial charge in [0.15, 0.2) is 5.58 Å². The molecule has 1 fully saturated rings. The Morgan fingerprint density at radius 2 is 1.63 bits per heavy atom. The lowest BCUT2D eigenvalue weighted by Gasteiger charge is -2.31. The molecular formula is C41H61FN4O5. The SMILES string of the molecule is CCCCCCCC/C=C\CCCCCCCC(=O)O.Cc1nc2n(c(=O)c1CCN1CCC(c3noc4cc(F)ccc34)CC1)CCC[C@H]2O. The molecule has 0 saturated carbocycles. The molecule has 0 unspecified atom stereocenters. The number of aliphatic hydroxyl groups is 1. The summed E-state index contributed by atoms with van der Waals surface area (Å²) in [5, 5.41) is 23.8. The fourth-order valence-corrected chi connectivity index (χ4v) is 7.32. The molecule has 51 heavy (non-hydrogen) atoms. The van der Waals surface area contributed by atoms with Crippen LogP contribution in [-0.4, -0.2) is 55.4 Å². The van der Waals surface area contributed by atoms with Crippen LogP contribution in [0.15, 0.2) is 39.7 Å². The van der Waals surface area contributed by atoms with Gasteiger partial charge in [0.2, 0.25) is 0 Å². The minimum atomic E-state index is -0.664. The summed E-state index contributed by atoms with van der Waals surface area (Å²) >= 11 is 0. The fraction of sp³-hybridized carbons (Fsp3) is 0.659. The molecule has 9 nitrogen and oxygen atoms in total. The molecule has 3 aromatic rings. The molecule has 10 heteroatoms. The predicted molar refractivity (Wildman–Crippen MR) is 201 cm³/mol. The van der Waals surface area contributed by atoms with E-state index < -0.39 is 12.1 Å². The molecule has 2 aliphatic heterocycles. The monoisotopic (exact) mass is 708 g/mol. The number of allylic oxidation sites excluding steroid dienone is 2. The molecule has 0 spiro atoms. The van der Waals surface area contributed by atoms with Crippen LogP contribution in [0.25, 0.3) is 11.0 Å². The summed E-state index contributed by atoms with van der Waals surface area (Å²) in [4.78, 5) is 30.2. The van der Waals surface area contributed by atoms with Crippen molar-refractivity contribution in [3.63, 3.8) is 0 Å². The zero-order valence-electron chi connectivity index (χ0n) is 31.1. The lowest BCUT2D eigenvalue weighted by atomic mass is 9.91. The van der Waals surface area contributed by atoms with Crippen LogP contribution < -0.4 is 5.56 Å². The third kappa shape index (κ3) is 13.0. The number of likely N-dealkylation sites (tertiary alicyclic amines) is 1. The topological polar surface area (TPSA) is 122 Å². The number of hydrogen-bond donors (Lipinski definition) is 2. The number of carbonyl (C=O) groups is 1. The lowest BCUT2D eigenvalue weighted by molar-refractivity contribution is -0.137. The first kappa shape index (κ1) is 40.4. The minimum Gasteiger partial charge on any atom is -0.481 e. The third-order valence-electron chi connectivity index (χ3n) is 10.4. The molecule has 1 aromatic carbocycles. The first-order chi connectivity index (χ1) is 24.8. The number of aromatic nitrogens is 3. The summed E-state index contributed by atoms with van der Waals surface area (Å²) in [7, 11) is 0. The van der Waals surface area contributed by atoms with Crippen molar-refractivity contribution in [3.05, 3.63) is 69.3 Å². The van der Waals surface area contributed by atoms with E-state index in [9.17, 15) is 19.1 Å². The van der Waals surface area contributed by atoms with Gasteiger partial charge in [-0.25, -0.2) is 9.37 Å². The lowest BCUT2D eigenvalue weighted by Crippen LogP contribution is -2.37. The number of benzene rings is 1. The van der Waals surface area contributed by atoms with Gasteiger partial charge in [0.25, 0.3) is 5.56 Å². The van der Waals surface area contributed by atoms with E-state index in [1.165, 1.54) is 82.8 Å². The average molecular weight is 709 g/mol. The molecule has 4 heterocycles. The summed E-state index contributed by atoms with van der Waals surface area (Å²) in [5.74, 6) is -0.176. The maximum atomic E-state index is 13.4. The molecule has 0 aliphatic carbocycles. The van der Waals surface area contributed by atoms with E-state index in [1.807, 2.05) is 6.92 Å². The van der Waals surface area contributed by atoms with Gasteiger partial charge < -0.3 is 19.6 Å². The number of carboxylic acid groups (broad SMARTS) is 1. The van der Waals surface area contributed by atoms with Gasteiger partial charge in [-0.15, -0.1) is 0 Å². The zero-order chi connectivity index (χ0) is 36.4. The summed E-state index contributed by atoms with van der Waals surface area (Å²) in [6, 6.07) is 4.58. The summed E-state index contributed by atoms with van der Waals surface area (Å²) in [5.41, 5.74) is 2.90. The van der Waals surface area contributed by atoms with Gasteiger partial charge in [-0.3, -0.25) is 14.2 Å². The van der Waals surface area contributed by atoms with Crippen LogP contribution in [0.1, 0.15) is 157 Å². The second-order valence-electron chi connectivity index (χ2n) is 14.5. The minimum absolute atomic E-state index is 0.00237. The van der Waals surface area contributed by atoms with Gasteiger partial charge in [-0.1, -0.05) is 75.6 Å². The molecule has 5 rings (SSSR count). The maximum Gasteiger partial charge on any atom is 0.303 e. The predicted octanol–water partition coefficient (Wildman–Crippen LogP) is 9.19. The number of carboxylic acids is 1. The Morgan fingerprint density at radius 3 is 2.31 bits per heavy atom. The van der Waals surface area contributed by atoms with E-state index >= 15 is 0 Å². The Kier molecular flexibility index (Phi) is 17.3. The van der Waals surface area contributed by atoms with Crippen molar-refractivity contribution < 1.29 is 23.9 Å². The Bertz CT molecular complexity index is 1580. The van der Waals surface area contributed by atoms with E-state index in [1.54, 1.807) is 10.6 Å². The van der Waals surface area contributed by atoms with Crippen LogP contribution in [0.5, 0.6) is 0 Å². The van der Waals surface area contributed by atoms with Gasteiger partial charge in [-0.2, -0.15) is 0 Å². The van der Waals surface area contributed by atoms with Crippen LogP contribution in [0.4, 0.5) is 4.39 Å². The fourth-order valence-electron chi connectivity index (χ4n) is 7.32. The van der Waals surface area contributed by atoms with E-state index in [0.717, 1.165) is 74.1 Å². The Morgan fingerprint density at radius 1 is 0.961 bits per heavy atom. The number of nitrogens with zero attached hydrogens (tertiary/aromatic N) is 4. The summed E-state index contributed by atoms with van der Waals surface area (Å²) in [6.45, 7) is 7.39. The number of unbranched alkanes of at least 4 members (excludes halogenated alkanes) is 11. The largest absolute Gasteiger partial charge is 0.481 e. The Balaban J connectivity index is 0.000000255. The zero-order valence-corrected chi connectivity index (χ0v) is 31.1. The quantitative estimate of drug-likeness (QED) is 0.0934. The highest BCUT2D eigenvalue weighted by Gasteiger charge is 2.27. The Hall–Kier alpha value is -3.37. The summed E-state index contributed by atoms with van der Waals surface area (Å²) < 4.78 is 20.4. The van der Waals surface area contributed by atoms with E-state index in [0.29, 0.717) is 43.1 Å². The number of fused-ring (bicyclic) bond motifs is 2. The average Bonchev–Trinajstić information content (AvgIpc) is 3.54. The number of piperidine rings is 1. The smallest absolute Gasteiger partial charge is 0.303 e. The molecule has 2 aromatic heterocycles. The number of aliphatic carboxylic acids is 1. The molecule has 1 atom stereocenters. The van der Waals surface area contributed by atoms with Gasteiger partial charge >= 0.3 is 5.97 Å². The van der Waals surface area contributed by atoms with Crippen molar-refractivity contribution in [2.45, 2.75) is 154 Å². The molecule has 282 valence electrons. The molecule has 1 saturated heterocycles. The van der Waals surface area contributed by atoms with Crippen LogP contribution in [0.2, 0.25) is 0 Å². The maximum absolute atomic E-state index is 13.4. The highest BCUT2D eigenvalue weighted by atomic mass is 19.1. The van der Waals surface area contributed by atoms with Gasteiger partial charge in [0.1, 0.15) is 17.7 Å². The van der Waals surface area contributed by atoms with Crippen molar-refractivity contribution in [3.8, 4) is 0 Å². The summed E-state index contributed by atoms with van der Waals surface area (Å²) in [6.07, 6.45) is 24.6. The number of aliphatic hydroxyl groups excluding tert-OH is 1. The first-order valence-electron chi connectivity index (χ1n) is 19.7. The highest BCUT2D eigenvalue weighted by Crippen LogP contribution is 2.33. The van der Waals surface area contributed by atoms with Crippen LogP contribution in [0, 0.1) is 12.7 Å². The number of aryl methyl sites for hydroxylation is 1. The van der Waals surface area contributed by atoms with Crippen molar-refractivity contribution in [1.82, 2.24) is 19.6 Å². The highest BCUT2D eigenvalue weighted by molar-refractivity contribution is 5.79. The molecule has 2 N–H and O–H groups in total. The molecular weight excluding hydrogens is 647 g/mol. The molecule has 0 bridgehead atoms. The van der Waals surface area contributed by atoms with E-state index in [4.69, 9.17) is 9.63 Å². The van der Waals surface area contributed by atoms with Crippen LogP contribution >= 0.6 is 0 Å². The number of halogens is 1. The third-order valence-corrected chi connectivity index (χ3v) is 10.4. The van der Waals surface area contributed by atoms with Gasteiger partial charge in [-0.05, 0) is 96.4 Å². The normalized spacial score (nSPS) is 16.7. The van der Waals surface area contributed by atoms with Crippen molar-refractivity contribution in [2.24, 2.45) is 0 Å². The molecule has 0 radical (unpaired) electrons. The van der Waals surface area contributed by atoms with Crippen LogP contribution in [-0.2, 0) is 17.8 Å². The van der Waals surface area contributed by atoms with Gasteiger partial charge in [0, 0.05) is 48.1 Å². The number of rotatable bonds is 19. The van der Waals surface area contributed by atoms with Crippen molar-refractivity contribution in [2.75, 3.05) is 19.6 Å². The van der Waals surface area contributed by atoms with Crippen molar-refractivity contribution in [1.29, 1.82) is 0 Å². The standard InChI is InChI=1S/C23H27FN4O3.C18H34O2/c1-14-17(23(30)28-9-2-3-19(29)22(28)25-14)8-12-27-10-6-15(7-11-27)21-18-5-4-16(24)13-20(18)31-26-21;1-2-3-4-5-6-7-8-9-10-11-12-13-14-15-16-17-18(19)20/h4-5,13,15,19,29H,2-3,6-12H2,1H3;9-10H,2-8,11-17H2,1H3,(H,19,20)/b;10-9-/t19-;/m1./s1. The van der Waals surface area contributed by atoms with Crippen molar-refractivity contribution >= 4 is 16.9 Å². The second-order valence-corrected chi connectivity index (χ2v) is 14.5.